The number of carbonyl (C=O) groups is 1. The molecular formula is C16H16N2O2. The smallest absolute Gasteiger partial charge is 0.331 e. The lowest BCUT2D eigenvalue weighted by Gasteiger charge is -2.02. The lowest BCUT2D eigenvalue weighted by Crippen LogP contribution is -2.01. The normalized spacial score (nSPS) is 10.7. The minimum Gasteiger partial charge on any atom is -0.458 e. The van der Waals surface area contributed by atoms with E-state index in [0.717, 1.165) is 16.8 Å². The van der Waals surface area contributed by atoms with E-state index in [2.05, 4.69) is 4.98 Å². The van der Waals surface area contributed by atoms with Crippen LogP contribution in [0.2, 0.25) is 0 Å². The molecule has 0 atom stereocenters. The molecule has 4 heteroatoms. The number of rotatable bonds is 4. The molecule has 2 N–H and O–H groups in total. The van der Waals surface area contributed by atoms with Gasteiger partial charge in [-0.1, -0.05) is 30.3 Å². The maximum Gasteiger partial charge on any atom is 0.331 e. The molecule has 20 heavy (non-hydrogen) atoms. The number of nitrogen functional groups attached to an aromatic ring is 1. The molecular weight excluding hydrogens is 252 g/mol. The molecule has 4 nitrogen and oxygen atoms in total. The Bertz CT molecular complexity index is 622. The Morgan fingerprint density at radius 1 is 1.25 bits per heavy atom. The van der Waals surface area contributed by atoms with Crippen LogP contribution in [0, 0.1) is 6.92 Å². The molecule has 1 aromatic heterocycles. The third-order valence-corrected chi connectivity index (χ3v) is 2.77. The molecule has 0 aliphatic rings. The molecule has 0 unspecified atom stereocenters. The number of hydrogen-bond donors (Lipinski definition) is 1. The van der Waals surface area contributed by atoms with Crippen molar-refractivity contribution >= 4 is 17.9 Å². The first kappa shape index (κ1) is 13.8. The predicted molar refractivity (Wildman–Crippen MR) is 78.7 cm³/mol. The molecule has 0 saturated carbocycles. The number of benzene rings is 1. The fourth-order valence-electron chi connectivity index (χ4n) is 1.70. The van der Waals surface area contributed by atoms with Crippen LogP contribution in [0.4, 0.5) is 5.82 Å². The molecule has 0 aliphatic carbocycles. The molecule has 0 saturated heterocycles. The first-order valence-electron chi connectivity index (χ1n) is 6.27. The number of esters is 1. The van der Waals surface area contributed by atoms with Gasteiger partial charge in [0.1, 0.15) is 12.4 Å². The number of aryl methyl sites for hydroxylation is 1. The van der Waals surface area contributed by atoms with Gasteiger partial charge >= 0.3 is 5.97 Å². The van der Waals surface area contributed by atoms with E-state index in [1.54, 1.807) is 12.1 Å². The van der Waals surface area contributed by atoms with Gasteiger partial charge in [-0.05, 0) is 36.3 Å². The molecule has 2 rings (SSSR count). The van der Waals surface area contributed by atoms with Crippen molar-refractivity contribution < 1.29 is 9.53 Å². The van der Waals surface area contributed by atoms with E-state index in [-0.39, 0.29) is 12.6 Å². The lowest BCUT2D eigenvalue weighted by molar-refractivity contribution is -0.138. The largest absolute Gasteiger partial charge is 0.458 e. The first-order valence-corrected chi connectivity index (χ1v) is 6.27. The highest BCUT2D eigenvalue weighted by Crippen LogP contribution is 2.10. The van der Waals surface area contributed by atoms with Gasteiger partial charge in [-0.15, -0.1) is 0 Å². The first-order chi connectivity index (χ1) is 9.65. The van der Waals surface area contributed by atoms with Crippen molar-refractivity contribution in [1.29, 1.82) is 0 Å². The summed E-state index contributed by atoms with van der Waals surface area (Å²) < 4.78 is 5.14. The third kappa shape index (κ3) is 3.95. The summed E-state index contributed by atoms with van der Waals surface area (Å²) in [5, 5.41) is 0. The van der Waals surface area contributed by atoms with E-state index >= 15 is 0 Å². The SMILES string of the molecule is Cc1nc(N)ccc1C=CC(=O)OCc1ccccc1. The summed E-state index contributed by atoms with van der Waals surface area (Å²) in [5.74, 6) is 0.0800. The summed E-state index contributed by atoms with van der Waals surface area (Å²) in [7, 11) is 0. The van der Waals surface area contributed by atoms with Crippen LogP contribution in [0.3, 0.4) is 0 Å². The van der Waals surface area contributed by atoms with Crippen molar-refractivity contribution in [3.63, 3.8) is 0 Å². The molecule has 0 fully saturated rings. The summed E-state index contributed by atoms with van der Waals surface area (Å²) in [4.78, 5) is 15.7. The van der Waals surface area contributed by atoms with Crippen LogP contribution >= 0.6 is 0 Å². The summed E-state index contributed by atoms with van der Waals surface area (Å²) >= 11 is 0. The van der Waals surface area contributed by atoms with Gasteiger partial charge in [0, 0.05) is 11.8 Å². The Labute approximate surface area is 117 Å². The van der Waals surface area contributed by atoms with Crippen LogP contribution in [0.5, 0.6) is 0 Å². The molecule has 0 amide bonds. The average molecular weight is 268 g/mol. The molecule has 0 spiro atoms. The summed E-state index contributed by atoms with van der Waals surface area (Å²) in [6, 6.07) is 13.1. The van der Waals surface area contributed by atoms with Crippen molar-refractivity contribution in [2.24, 2.45) is 0 Å². The second kappa shape index (κ2) is 6.52. The minimum atomic E-state index is -0.384. The zero-order chi connectivity index (χ0) is 14.4. The summed E-state index contributed by atoms with van der Waals surface area (Å²) in [6.45, 7) is 2.11. The zero-order valence-corrected chi connectivity index (χ0v) is 11.2. The zero-order valence-electron chi connectivity index (χ0n) is 11.2. The molecule has 0 aliphatic heterocycles. The monoisotopic (exact) mass is 268 g/mol. The second-order valence-electron chi connectivity index (χ2n) is 4.34. The van der Waals surface area contributed by atoms with Crippen LogP contribution in [-0.2, 0) is 16.1 Å². The molecule has 1 aromatic carbocycles. The Balaban J connectivity index is 1.92. The van der Waals surface area contributed by atoms with Gasteiger partial charge < -0.3 is 10.5 Å². The van der Waals surface area contributed by atoms with Gasteiger partial charge in [0.05, 0.1) is 0 Å². The van der Waals surface area contributed by atoms with Crippen LogP contribution in [0.1, 0.15) is 16.8 Å². The summed E-state index contributed by atoms with van der Waals surface area (Å²) in [5.41, 5.74) is 8.15. The molecule has 102 valence electrons. The minimum absolute atomic E-state index is 0.267. The van der Waals surface area contributed by atoms with Gasteiger partial charge in [-0.2, -0.15) is 0 Å². The van der Waals surface area contributed by atoms with E-state index in [1.165, 1.54) is 6.08 Å². The number of hydrogen-bond acceptors (Lipinski definition) is 4. The van der Waals surface area contributed by atoms with Gasteiger partial charge in [0.15, 0.2) is 0 Å². The standard InChI is InChI=1S/C16H16N2O2/c1-12-14(7-9-15(17)18-12)8-10-16(19)20-11-13-5-3-2-4-6-13/h2-10H,11H2,1H3,(H2,17,18). The predicted octanol–water partition coefficient (Wildman–Crippen LogP) is 2.73. The highest BCUT2D eigenvalue weighted by Gasteiger charge is 2.00. The van der Waals surface area contributed by atoms with Crippen LogP contribution < -0.4 is 5.73 Å². The van der Waals surface area contributed by atoms with E-state index in [9.17, 15) is 4.79 Å². The van der Waals surface area contributed by atoms with Gasteiger partial charge in [0.25, 0.3) is 0 Å². The van der Waals surface area contributed by atoms with Crippen molar-refractivity contribution in [1.82, 2.24) is 4.98 Å². The Kier molecular flexibility index (Phi) is 4.50. The molecule has 0 radical (unpaired) electrons. The fourth-order valence-corrected chi connectivity index (χ4v) is 1.70. The third-order valence-electron chi connectivity index (χ3n) is 2.77. The highest BCUT2D eigenvalue weighted by molar-refractivity contribution is 5.87. The second-order valence-corrected chi connectivity index (χ2v) is 4.34. The van der Waals surface area contributed by atoms with Crippen molar-refractivity contribution in [2.45, 2.75) is 13.5 Å². The van der Waals surface area contributed by atoms with Gasteiger partial charge in [-0.25, -0.2) is 9.78 Å². The number of carbonyl (C=O) groups excluding carboxylic acids is 1. The topological polar surface area (TPSA) is 65.2 Å². The molecule has 1 heterocycles. The number of aromatic nitrogens is 1. The maximum atomic E-state index is 11.6. The van der Waals surface area contributed by atoms with Crippen molar-refractivity contribution in [3.8, 4) is 0 Å². The quantitative estimate of drug-likeness (QED) is 0.684. The molecule has 0 bridgehead atoms. The average Bonchev–Trinajstić information content (AvgIpc) is 2.45. The highest BCUT2D eigenvalue weighted by atomic mass is 16.5. The number of pyridine rings is 1. The number of anilines is 1. The summed E-state index contributed by atoms with van der Waals surface area (Å²) in [6.07, 6.45) is 3.07. The van der Waals surface area contributed by atoms with Crippen LogP contribution in [0.15, 0.2) is 48.5 Å². The van der Waals surface area contributed by atoms with Crippen LogP contribution in [0.25, 0.3) is 6.08 Å². The number of ether oxygens (including phenoxy) is 1. The fraction of sp³-hybridized carbons (Fsp3) is 0.125. The van der Waals surface area contributed by atoms with E-state index in [1.807, 2.05) is 43.3 Å². The molecule has 2 aromatic rings. The number of nitrogens with two attached hydrogens (primary N) is 1. The Morgan fingerprint density at radius 2 is 2.00 bits per heavy atom. The number of nitrogens with zero attached hydrogens (tertiary/aromatic N) is 1. The van der Waals surface area contributed by atoms with E-state index in [0.29, 0.717) is 5.82 Å². The maximum absolute atomic E-state index is 11.6. The van der Waals surface area contributed by atoms with Crippen LogP contribution in [-0.4, -0.2) is 11.0 Å². The Morgan fingerprint density at radius 3 is 2.70 bits per heavy atom. The van der Waals surface area contributed by atoms with Gasteiger partial charge in [0.2, 0.25) is 0 Å². The Hall–Kier alpha value is -2.62. The lowest BCUT2D eigenvalue weighted by atomic mass is 10.2. The van der Waals surface area contributed by atoms with Crippen molar-refractivity contribution in [2.75, 3.05) is 5.73 Å². The van der Waals surface area contributed by atoms with Crippen molar-refractivity contribution in [3.05, 3.63) is 65.4 Å². The van der Waals surface area contributed by atoms with E-state index in [4.69, 9.17) is 10.5 Å². The van der Waals surface area contributed by atoms with E-state index < -0.39 is 0 Å². The van der Waals surface area contributed by atoms with Gasteiger partial charge in [-0.3, -0.25) is 0 Å².